The molecule has 0 aliphatic heterocycles. The molecule has 0 saturated heterocycles. The van der Waals surface area contributed by atoms with Crippen molar-refractivity contribution >= 4 is 5.69 Å². The predicted molar refractivity (Wildman–Crippen MR) is 51.5 cm³/mol. The van der Waals surface area contributed by atoms with Crippen molar-refractivity contribution in [2.45, 2.75) is 26.7 Å². The molecule has 0 radical (unpaired) electrons. The van der Waals surface area contributed by atoms with Crippen molar-refractivity contribution in [3.63, 3.8) is 0 Å². The third kappa shape index (κ3) is 1.86. The van der Waals surface area contributed by atoms with Crippen LogP contribution in [0.2, 0.25) is 0 Å². The molecule has 0 aliphatic rings. The van der Waals surface area contributed by atoms with Gasteiger partial charge in [0, 0.05) is 0 Å². The van der Waals surface area contributed by atoms with Crippen LogP contribution in [0, 0.1) is 19.3 Å². The third-order valence-corrected chi connectivity index (χ3v) is 2.06. The van der Waals surface area contributed by atoms with E-state index in [9.17, 15) is 4.39 Å². The molecule has 68 valence electrons. The maximum absolute atomic E-state index is 13.3. The van der Waals surface area contributed by atoms with E-state index in [2.05, 4.69) is 4.85 Å². The summed E-state index contributed by atoms with van der Waals surface area (Å²) in [6.45, 7) is 12.5. The summed E-state index contributed by atoms with van der Waals surface area (Å²) in [7, 11) is 0. The van der Waals surface area contributed by atoms with Crippen molar-refractivity contribution in [3.8, 4) is 0 Å². The van der Waals surface area contributed by atoms with Crippen LogP contribution in [0.25, 0.3) is 4.85 Å². The topological polar surface area (TPSA) is 4.36 Å². The second kappa shape index (κ2) is 3.57. The molecule has 0 amide bonds. The lowest BCUT2D eigenvalue weighted by molar-refractivity contribution is 0.598. The van der Waals surface area contributed by atoms with Crippen molar-refractivity contribution in [2.75, 3.05) is 0 Å². The van der Waals surface area contributed by atoms with E-state index in [4.69, 9.17) is 6.57 Å². The van der Waals surface area contributed by atoms with E-state index in [-0.39, 0.29) is 11.7 Å². The molecule has 2 heteroatoms. The fraction of sp³-hybridized carbons (Fsp3) is 0.364. The van der Waals surface area contributed by atoms with E-state index >= 15 is 0 Å². The van der Waals surface area contributed by atoms with E-state index in [1.165, 1.54) is 6.07 Å². The van der Waals surface area contributed by atoms with Gasteiger partial charge in [0.15, 0.2) is 5.69 Å². The van der Waals surface area contributed by atoms with Crippen molar-refractivity contribution < 1.29 is 4.39 Å². The van der Waals surface area contributed by atoms with Crippen molar-refractivity contribution in [1.82, 2.24) is 0 Å². The zero-order valence-corrected chi connectivity index (χ0v) is 8.06. The first kappa shape index (κ1) is 9.73. The van der Waals surface area contributed by atoms with Crippen molar-refractivity contribution in [1.29, 1.82) is 0 Å². The maximum Gasteiger partial charge on any atom is 0.193 e. The minimum atomic E-state index is -0.272. The van der Waals surface area contributed by atoms with Gasteiger partial charge in [-0.25, -0.2) is 9.24 Å². The Morgan fingerprint density at radius 3 is 2.46 bits per heavy atom. The zero-order chi connectivity index (χ0) is 10.0. The molecule has 0 aromatic heterocycles. The number of benzene rings is 1. The van der Waals surface area contributed by atoms with Crippen LogP contribution in [0.4, 0.5) is 10.1 Å². The normalized spacial score (nSPS) is 10.2. The van der Waals surface area contributed by atoms with E-state index in [1.54, 1.807) is 6.07 Å². The van der Waals surface area contributed by atoms with Gasteiger partial charge in [-0.05, 0) is 30.0 Å². The fourth-order valence-electron chi connectivity index (χ4n) is 1.26. The number of halogens is 1. The SMILES string of the molecule is [C-]#[N+]c1cc(F)c(C(C)C)cc1C. The van der Waals surface area contributed by atoms with Gasteiger partial charge in [-0.1, -0.05) is 19.9 Å². The van der Waals surface area contributed by atoms with Crippen LogP contribution in [0.5, 0.6) is 0 Å². The zero-order valence-electron chi connectivity index (χ0n) is 8.06. The average molecular weight is 177 g/mol. The standard InChI is InChI=1S/C11H12FN/c1-7(2)9-5-8(3)11(13-4)6-10(9)12/h5-7H,1-3H3. The summed E-state index contributed by atoms with van der Waals surface area (Å²) >= 11 is 0. The Morgan fingerprint density at radius 1 is 1.38 bits per heavy atom. The van der Waals surface area contributed by atoms with Crippen LogP contribution in [0.1, 0.15) is 30.9 Å². The van der Waals surface area contributed by atoms with Gasteiger partial charge >= 0.3 is 0 Å². The minimum absolute atomic E-state index is 0.165. The Labute approximate surface area is 78.0 Å². The van der Waals surface area contributed by atoms with Crippen LogP contribution in [-0.4, -0.2) is 0 Å². The molecule has 0 spiro atoms. The number of hydrogen-bond acceptors (Lipinski definition) is 0. The van der Waals surface area contributed by atoms with Crippen LogP contribution in [-0.2, 0) is 0 Å². The Bertz CT molecular complexity index is 361. The van der Waals surface area contributed by atoms with Gasteiger partial charge in [0.05, 0.1) is 6.57 Å². The number of aryl methyl sites for hydroxylation is 1. The summed E-state index contributed by atoms with van der Waals surface area (Å²) in [5.41, 5.74) is 1.94. The molecule has 0 saturated carbocycles. The third-order valence-electron chi connectivity index (χ3n) is 2.06. The highest BCUT2D eigenvalue weighted by atomic mass is 19.1. The van der Waals surface area contributed by atoms with Gasteiger partial charge in [0.2, 0.25) is 0 Å². The van der Waals surface area contributed by atoms with E-state index in [1.807, 2.05) is 20.8 Å². The van der Waals surface area contributed by atoms with Crippen molar-refractivity contribution in [3.05, 3.63) is 40.5 Å². The Morgan fingerprint density at radius 2 is 2.00 bits per heavy atom. The molecule has 13 heavy (non-hydrogen) atoms. The van der Waals surface area contributed by atoms with Gasteiger partial charge in [-0.2, -0.15) is 0 Å². The molecular weight excluding hydrogens is 165 g/mol. The highest BCUT2D eigenvalue weighted by Gasteiger charge is 2.09. The predicted octanol–water partition coefficient (Wildman–Crippen LogP) is 3.81. The van der Waals surface area contributed by atoms with E-state index in [0.29, 0.717) is 11.3 Å². The molecule has 1 aromatic carbocycles. The summed E-state index contributed by atoms with van der Waals surface area (Å²) in [5.74, 6) is -0.106. The van der Waals surface area contributed by atoms with Crippen LogP contribution in [0.3, 0.4) is 0 Å². The summed E-state index contributed by atoms with van der Waals surface area (Å²) < 4.78 is 13.3. The minimum Gasteiger partial charge on any atom is -0.238 e. The molecule has 0 atom stereocenters. The largest absolute Gasteiger partial charge is 0.238 e. The summed E-state index contributed by atoms with van der Waals surface area (Å²) in [4.78, 5) is 3.24. The summed E-state index contributed by atoms with van der Waals surface area (Å²) in [6, 6.07) is 3.07. The van der Waals surface area contributed by atoms with Gasteiger partial charge < -0.3 is 0 Å². The van der Waals surface area contributed by atoms with Gasteiger partial charge in [-0.15, -0.1) is 0 Å². The highest BCUT2D eigenvalue weighted by molar-refractivity contribution is 5.53. The van der Waals surface area contributed by atoms with Gasteiger partial charge in [-0.3, -0.25) is 0 Å². The molecule has 1 nitrogen and oxygen atoms in total. The Kier molecular flexibility index (Phi) is 2.67. The molecular formula is C11H12FN. The van der Waals surface area contributed by atoms with Gasteiger partial charge in [0.1, 0.15) is 5.82 Å². The highest BCUT2D eigenvalue weighted by Crippen LogP contribution is 2.26. The number of hydrogen-bond donors (Lipinski definition) is 0. The lowest BCUT2D eigenvalue weighted by atomic mass is 9.99. The lowest BCUT2D eigenvalue weighted by Gasteiger charge is -2.08. The molecule has 0 unspecified atom stereocenters. The smallest absolute Gasteiger partial charge is 0.193 e. The molecule has 0 fully saturated rings. The molecule has 0 N–H and O–H groups in total. The van der Waals surface area contributed by atoms with Crippen LogP contribution in [0.15, 0.2) is 12.1 Å². The lowest BCUT2D eigenvalue weighted by Crippen LogP contribution is -1.93. The number of rotatable bonds is 1. The van der Waals surface area contributed by atoms with E-state index in [0.717, 1.165) is 5.56 Å². The van der Waals surface area contributed by atoms with Gasteiger partial charge in [0.25, 0.3) is 0 Å². The summed E-state index contributed by atoms with van der Waals surface area (Å²) in [6.07, 6.45) is 0. The van der Waals surface area contributed by atoms with E-state index < -0.39 is 0 Å². The molecule has 0 aliphatic carbocycles. The number of nitrogens with zero attached hydrogens (tertiary/aromatic N) is 1. The molecule has 1 rings (SSSR count). The van der Waals surface area contributed by atoms with Crippen LogP contribution < -0.4 is 0 Å². The molecule has 0 heterocycles. The molecule has 0 bridgehead atoms. The monoisotopic (exact) mass is 177 g/mol. The summed E-state index contributed by atoms with van der Waals surface area (Å²) in [5, 5.41) is 0. The second-order valence-electron chi connectivity index (χ2n) is 3.43. The van der Waals surface area contributed by atoms with Crippen molar-refractivity contribution in [2.24, 2.45) is 0 Å². The molecule has 1 aromatic rings. The maximum atomic E-state index is 13.3. The quantitative estimate of drug-likeness (QED) is 0.574. The van der Waals surface area contributed by atoms with Crippen LogP contribution >= 0.6 is 0 Å². The first-order chi connectivity index (χ1) is 6.06. The Balaban J connectivity index is 3.31. The second-order valence-corrected chi connectivity index (χ2v) is 3.43. The Hall–Kier alpha value is -1.36. The average Bonchev–Trinajstić information content (AvgIpc) is 2.07. The fourth-order valence-corrected chi connectivity index (χ4v) is 1.26. The first-order valence-corrected chi connectivity index (χ1v) is 4.23. The first-order valence-electron chi connectivity index (χ1n) is 4.23.